The highest BCUT2D eigenvalue weighted by atomic mass is 16.6. The SMILES string of the molecule is CC(C)(C)OC(=O)N1CCCC1C(C)(C)C#N. The summed E-state index contributed by atoms with van der Waals surface area (Å²) in [7, 11) is 0. The van der Waals surface area contributed by atoms with Crippen LogP contribution < -0.4 is 0 Å². The first-order chi connectivity index (χ1) is 7.67. The Labute approximate surface area is 104 Å². The number of likely N-dealkylation sites (tertiary alicyclic amines) is 1. The molecule has 0 aromatic carbocycles. The molecule has 17 heavy (non-hydrogen) atoms. The molecule has 0 N–H and O–H groups in total. The lowest BCUT2D eigenvalue weighted by Crippen LogP contribution is -2.45. The summed E-state index contributed by atoms with van der Waals surface area (Å²) in [5.74, 6) is 0. The van der Waals surface area contributed by atoms with E-state index in [2.05, 4.69) is 6.07 Å². The third kappa shape index (κ3) is 3.36. The van der Waals surface area contributed by atoms with Crippen molar-refractivity contribution in [1.82, 2.24) is 4.90 Å². The van der Waals surface area contributed by atoms with Crippen LogP contribution in [-0.4, -0.2) is 29.2 Å². The Morgan fingerprint density at radius 3 is 2.41 bits per heavy atom. The lowest BCUT2D eigenvalue weighted by atomic mass is 9.84. The van der Waals surface area contributed by atoms with Gasteiger partial charge in [-0.25, -0.2) is 4.79 Å². The second kappa shape index (κ2) is 4.56. The molecular formula is C13H22N2O2. The third-order valence-corrected chi connectivity index (χ3v) is 3.00. The van der Waals surface area contributed by atoms with Crippen molar-refractivity contribution in [2.24, 2.45) is 5.41 Å². The molecule has 0 saturated carbocycles. The molecular weight excluding hydrogens is 216 g/mol. The van der Waals surface area contributed by atoms with Crippen LogP contribution in [0, 0.1) is 16.7 Å². The van der Waals surface area contributed by atoms with E-state index in [9.17, 15) is 4.79 Å². The summed E-state index contributed by atoms with van der Waals surface area (Å²) < 4.78 is 5.37. The number of carbonyl (C=O) groups excluding carboxylic acids is 1. The van der Waals surface area contributed by atoms with Crippen molar-refractivity contribution in [1.29, 1.82) is 5.26 Å². The number of nitrogens with zero attached hydrogens (tertiary/aromatic N) is 2. The van der Waals surface area contributed by atoms with Crippen molar-refractivity contribution in [3.63, 3.8) is 0 Å². The molecule has 0 aromatic rings. The Kier molecular flexibility index (Phi) is 3.71. The van der Waals surface area contributed by atoms with E-state index in [1.165, 1.54) is 0 Å². The maximum Gasteiger partial charge on any atom is 0.410 e. The number of rotatable bonds is 1. The van der Waals surface area contributed by atoms with E-state index >= 15 is 0 Å². The monoisotopic (exact) mass is 238 g/mol. The first-order valence-corrected chi connectivity index (χ1v) is 6.08. The second-order valence-corrected chi connectivity index (χ2v) is 6.17. The van der Waals surface area contributed by atoms with Gasteiger partial charge in [0.1, 0.15) is 5.60 Å². The third-order valence-electron chi connectivity index (χ3n) is 3.00. The van der Waals surface area contributed by atoms with Crippen molar-refractivity contribution in [2.45, 2.75) is 59.1 Å². The molecule has 0 radical (unpaired) electrons. The van der Waals surface area contributed by atoms with E-state index in [0.29, 0.717) is 6.54 Å². The molecule has 1 heterocycles. The predicted molar refractivity (Wildman–Crippen MR) is 65.4 cm³/mol. The van der Waals surface area contributed by atoms with Gasteiger partial charge in [-0.05, 0) is 47.5 Å². The zero-order chi connectivity index (χ0) is 13.3. The number of hydrogen-bond acceptors (Lipinski definition) is 3. The standard InChI is InChI=1S/C13H22N2O2/c1-12(2,3)17-11(16)15-8-6-7-10(15)13(4,5)9-14/h10H,6-8H2,1-5H3. The van der Waals surface area contributed by atoms with Crippen LogP contribution in [0.4, 0.5) is 4.79 Å². The summed E-state index contributed by atoms with van der Waals surface area (Å²) in [6.45, 7) is 9.99. The van der Waals surface area contributed by atoms with Crippen molar-refractivity contribution >= 4 is 6.09 Å². The van der Waals surface area contributed by atoms with Crippen LogP contribution in [0.2, 0.25) is 0 Å². The fourth-order valence-electron chi connectivity index (χ4n) is 2.13. The van der Waals surface area contributed by atoms with Gasteiger partial charge in [-0.3, -0.25) is 0 Å². The molecule has 1 saturated heterocycles. The Morgan fingerprint density at radius 2 is 1.94 bits per heavy atom. The molecule has 0 aromatic heterocycles. The fraction of sp³-hybridized carbons (Fsp3) is 0.846. The van der Waals surface area contributed by atoms with E-state index in [0.717, 1.165) is 12.8 Å². The van der Waals surface area contributed by atoms with Gasteiger partial charge >= 0.3 is 6.09 Å². The minimum Gasteiger partial charge on any atom is -0.444 e. The van der Waals surface area contributed by atoms with E-state index in [1.54, 1.807) is 4.90 Å². The average Bonchev–Trinajstić information content (AvgIpc) is 2.63. The van der Waals surface area contributed by atoms with Gasteiger partial charge in [-0.2, -0.15) is 5.26 Å². The Morgan fingerprint density at radius 1 is 1.35 bits per heavy atom. The fourth-order valence-corrected chi connectivity index (χ4v) is 2.13. The van der Waals surface area contributed by atoms with E-state index < -0.39 is 11.0 Å². The largest absolute Gasteiger partial charge is 0.444 e. The number of ether oxygens (including phenoxy) is 1. The van der Waals surface area contributed by atoms with Gasteiger partial charge < -0.3 is 9.64 Å². The van der Waals surface area contributed by atoms with Crippen LogP contribution in [0.25, 0.3) is 0 Å². The molecule has 96 valence electrons. The minimum absolute atomic E-state index is 0.0395. The molecule has 0 spiro atoms. The summed E-state index contributed by atoms with van der Waals surface area (Å²) in [4.78, 5) is 13.7. The zero-order valence-electron chi connectivity index (χ0n) is 11.4. The molecule has 4 nitrogen and oxygen atoms in total. The summed E-state index contributed by atoms with van der Waals surface area (Å²) >= 11 is 0. The maximum atomic E-state index is 12.0. The van der Waals surface area contributed by atoms with Crippen LogP contribution in [0.3, 0.4) is 0 Å². The zero-order valence-corrected chi connectivity index (χ0v) is 11.4. The van der Waals surface area contributed by atoms with Crippen LogP contribution in [-0.2, 0) is 4.74 Å². The Bertz CT molecular complexity index is 336. The molecule has 1 amide bonds. The van der Waals surface area contributed by atoms with E-state index in [-0.39, 0.29) is 12.1 Å². The minimum atomic E-state index is -0.520. The molecule has 1 aliphatic rings. The van der Waals surface area contributed by atoms with Crippen LogP contribution in [0.5, 0.6) is 0 Å². The molecule has 0 aliphatic carbocycles. The van der Waals surface area contributed by atoms with Gasteiger partial charge in [0, 0.05) is 6.54 Å². The lowest BCUT2D eigenvalue weighted by Gasteiger charge is -2.34. The molecule has 1 fully saturated rings. The Balaban J connectivity index is 2.78. The Hall–Kier alpha value is -1.24. The van der Waals surface area contributed by atoms with Gasteiger partial charge in [0.25, 0.3) is 0 Å². The summed E-state index contributed by atoms with van der Waals surface area (Å²) in [6, 6.07) is 2.24. The number of hydrogen-bond donors (Lipinski definition) is 0. The van der Waals surface area contributed by atoms with Gasteiger partial charge in [-0.15, -0.1) is 0 Å². The second-order valence-electron chi connectivity index (χ2n) is 6.17. The van der Waals surface area contributed by atoms with Gasteiger partial charge in [0.15, 0.2) is 0 Å². The molecule has 1 unspecified atom stereocenters. The topological polar surface area (TPSA) is 53.3 Å². The van der Waals surface area contributed by atoms with E-state index in [4.69, 9.17) is 10.00 Å². The van der Waals surface area contributed by atoms with Crippen molar-refractivity contribution in [3.05, 3.63) is 0 Å². The van der Waals surface area contributed by atoms with Crippen LogP contribution in [0.15, 0.2) is 0 Å². The van der Waals surface area contributed by atoms with Crippen molar-refractivity contribution < 1.29 is 9.53 Å². The number of nitriles is 1. The quantitative estimate of drug-likeness (QED) is 0.705. The number of carbonyl (C=O) groups is 1. The maximum absolute atomic E-state index is 12.0. The predicted octanol–water partition coefficient (Wildman–Crippen LogP) is 2.94. The molecule has 1 aliphatic heterocycles. The summed E-state index contributed by atoms with van der Waals surface area (Å²) in [5.41, 5.74) is -1.01. The molecule has 4 heteroatoms. The first kappa shape index (κ1) is 13.8. The van der Waals surface area contributed by atoms with Crippen LogP contribution in [0.1, 0.15) is 47.5 Å². The average molecular weight is 238 g/mol. The highest BCUT2D eigenvalue weighted by molar-refractivity contribution is 5.69. The lowest BCUT2D eigenvalue weighted by molar-refractivity contribution is 0.0152. The molecule has 0 bridgehead atoms. The summed E-state index contributed by atoms with van der Waals surface area (Å²) in [5, 5.41) is 9.16. The van der Waals surface area contributed by atoms with Gasteiger partial charge in [-0.1, -0.05) is 0 Å². The van der Waals surface area contributed by atoms with Crippen molar-refractivity contribution in [2.75, 3.05) is 6.54 Å². The summed E-state index contributed by atoms with van der Waals surface area (Å²) in [6.07, 6.45) is 1.51. The van der Waals surface area contributed by atoms with Crippen LogP contribution >= 0.6 is 0 Å². The number of amides is 1. The van der Waals surface area contributed by atoms with E-state index in [1.807, 2.05) is 34.6 Å². The smallest absolute Gasteiger partial charge is 0.410 e. The molecule has 1 atom stereocenters. The normalized spacial score (nSPS) is 21.2. The van der Waals surface area contributed by atoms with Gasteiger partial charge in [0.05, 0.1) is 17.5 Å². The van der Waals surface area contributed by atoms with Crippen molar-refractivity contribution in [3.8, 4) is 6.07 Å². The highest BCUT2D eigenvalue weighted by Crippen LogP contribution is 2.33. The van der Waals surface area contributed by atoms with Gasteiger partial charge in [0.2, 0.25) is 0 Å². The molecule has 1 rings (SSSR count). The highest BCUT2D eigenvalue weighted by Gasteiger charge is 2.41. The first-order valence-electron chi connectivity index (χ1n) is 6.08.